The molecule has 1 amide bonds. The van der Waals surface area contributed by atoms with Gasteiger partial charge in [-0.15, -0.1) is 17.9 Å². The number of carbonyl (C=O) groups is 1. The van der Waals surface area contributed by atoms with Crippen molar-refractivity contribution < 1.29 is 9.53 Å². The molecule has 0 spiro atoms. The third kappa shape index (κ3) is 4.74. The molecule has 3 nitrogen and oxygen atoms in total. The molecule has 0 aliphatic carbocycles. The van der Waals surface area contributed by atoms with E-state index in [-0.39, 0.29) is 5.91 Å². The van der Waals surface area contributed by atoms with Crippen molar-refractivity contribution >= 4 is 17.2 Å². The molecule has 0 saturated carbocycles. The van der Waals surface area contributed by atoms with Gasteiger partial charge in [0.2, 0.25) is 5.91 Å². The van der Waals surface area contributed by atoms with Crippen molar-refractivity contribution in [3.05, 3.63) is 64.9 Å². The Morgan fingerprint density at radius 1 is 1.36 bits per heavy atom. The average molecular weight is 315 g/mol. The van der Waals surface area contributed by atoms with Gasteiger partial charge < -0.3 is 9.64 Å². The lowest BCUT2D eigenvalue weighted by atomic mass is 10.1. The fourth-order valence-corrected chi connectivity index (χ4v) is 2.96. The van der Waals surface area contributed by atoms with Gasteiger partial charge in [0.15, 0.2) is 0 Å². The maximum absolute atomic E-state index is 12.4. The van der Waals surface area contributed by atoms with Gasteiger partial charge in [-0.2, -0.15) is 0 Å². The first-order valence-electron chi connectivity index (χ1n) is 7.27. The van der Waals surface area contributed by atoms with E-state index in [1.807, 2.05) is 40.6 Å². The Bertz CT molecular complexity index is 607. The van der Waals surface area contributed by atoms with Crippen LogP contribution in [0.3, 0.4) is 0 Å². The van der Waals surface area contributed by atoms with Crippen LogP contribution in [0.25, 0.3) is 0 Å². The molecule has 0 saturated heterocycles. The Morgan fingerprint density at radius 3 is 2.91 bits per heavy atom. The van der Waals surface area contributed by atoms with Gasteiger partial charge in [-0.1, -0.05) is 24.3 Å². The largest absolute Gasteiger partial charge is 0.497 e. The third-order valence-electron chi connectivity index (χ3n) is 3.39. The van der Waals surface area contributed by atoms with E-state index in [0.29, 0.717) is 25.9 Å². The summed E-state index contributed by atoms with van der Waals surface area (Å²) in [6, 6.07) is 11.9. The van der Waals surface area contributed by atoms with Crippen LogP contribution in [0.5, 0.6) is 5.75 Å². The lowest BCUT2D eigenvalue weighted by Crippen LogP contribution is -2.30. The summed E-state index contributed by atoms with van der Waals surface area (Å²) in [5.74, 6) is 0.975. The molecule has 0 fully saturated rings. The number of carbonyl (C=O) groups excluding carboxylic acids is 1. The fraction of sp³-hybridized carbons (Fsp3) is 0.278. The van der Waals surface area contributed by atoms with Gasteiger partial charge >= 0.3 is 0 Å². The number of hydrogen-bond acceptors (Lipinski definition) is 3. The molecule has 2 rings (SSSR count). The SMILES string of the molecule is C=CCN(Cc1cccs1)C(=O)CCc1cccc(OC)c1. The van der Waals surface area contributed by atoms with Crippen molar-refractivity contribution in [2.45, 2.75) is 19.4 Å². The zero-order valence-corrected chi connectivity index (χ0v) is 13.6. The molecule has 1 aromatic carbocycles. The summed E-state index contributed by atoms with van der Waals surface area (Å²) < 4.78 is 5.21. The van der Waals surface area contributed by atoms with Crippen molar-refractivity contribution in [1.29, 1.82) is 0 Å². The van der Waals surface area contributed by atoms with Crippen LogP contribution in [-0.4, -0.2) is 24.5 Å². The Morgan fingerprint density at radius 2 is 2.23 bits per heavy atom. The number of ether oxygens (including phenoxy) is 1. The summed E-state index contributed by atoms with van der Waals surface area (Å²) in [6.45, 7) is 4.98. The Balaban J connectivity index is 1.94. The van der Waals surface area contributed by atoms with E-state index in [9.17, 15) is 4.79 Å². The topological polar surface area (TPSA) is 29.5 Å². The molecule has 1 aromatic heterocycles. The van der Waals surface area contributed by atoms with Crippen molar-refractivity contribution in [2.75, 3.05) is 13.7 Å². The van der Waals surface area contributed by atoms with Crippen LogP contribution in [0.2, 0.25) is 0 Å². The van der Waals surface area contributed by atoms with Gasteiger partial charge in [-0.05, 0) is 35.6 Å². The van der Waals surface area contributed by atoms with Gasteiger partial charge in [-0.25, -0.2) is 0 Å². The monoisotopic (exact) mass is 315 g/mol. The van der Waals surface area contributed by atoms with E-state index in [0.717, 1.165) is 11.3 Å². The highest BCUT2D eigenvalue weighted by molar-refractivity contribution is 7.09. The quantitative estimate of drug-likeness (QED) is 0.691. The normalized spacial score (nSPS) is 10.2. The van der Waals surface area contributed by atoms with Crippen LogP contribution in [0.4, 0.5) is 0 Å². The number of hydrogen-bond donors (Lipinski definition) is 0. The second kappa shape index (κ2) is 8.39. The summed E-state index contributed by atoms with van der Waals surface area (Å²) >= 11 is 1.67. The molecule has 0 radical (unpaired) electrons. The molecule has 0 bridgehead atoms. The number of thiophene rings is 1. The number of methoxy groups -OCH3 is 1. The number of nitrogens with zero attached hydrogens (tertiary/aromatic N) is 1. The second-order valence-corrected chi connectivity index (χ2v) is 6.03. The predicted molar refractivity (Wildman–Crippen MR) is 91.2 cm³/mol. The van der Waals surface area contributed by atoms with Gasteiger partial charge in [-0.3, -0.25) is 4.79 Å². The highest BCUT2D eigenvalue weighted by Gasteiger charge is 2.13. The molecule has 1 heterocycles. The van der Waals surface area contributed by atoms with Crippen LogP contribution in [0, 0.1) is 0 Å². The molecule has 0 aliphatic rings. The molecule has 22 heavy (non-hydrogen) atoms. The highest BCUT2D eigenvalue weighted by Crippen LogP contribution is 2.16. The number of benzene rings is 1. The van der Waals surface area contributed by atoms with Gasteiger partial charge in [0.1, 0.15) is 5.75 Å². The molecule has 2 aromatic rings. The number of aryl methyl sites for hydroxylation is 1. The highest BCUT2D eigenvalue weighted by atomic mass is 32.1. The van der Waals surface area contributed by atoms with Gasteiger partial charge in [0, 0.05) is 17.8 Å². The third-order valence-corrected chi connectivity index (χ3v) is 4.25. The maximum atomic E-state index is 12.4. The lowest BCUT2D eigenvalue weighted by molar-refractivity contribution is -0.131. The Labute approximate surface area is 135 Å². The molecule has 4 heteroatoms. The van der Waals surface area contributed by atoms with E-state index in [2.05, 4.69) is 12.6 Å². The summed E-state index contributed by atoms with van der Waals surface area (Å²) in [7, 11) is 1.65. The minimum atomic E-state index is 0.149. The summed E-state index contributed by atoms with van der Waals surface area (Å²) in [5, 5.41) is 2.03. The van der Waals surface area contributed by atoms with Crippen LogP contribution >= 0.6 is 11.3 Å². The first kappa shape index (κ1) is 16.3. The van der Waals surface area contributed by atoms with E-state index in [1.54, 1.807) is 24.5 Å². The van der Waals surface area contributed by atoms with Crippen molar-refractivity contribution in [1.82, 2.24) is 4.90 Å². The van der Waals surface area contributed by atoms with Crippen LogP contribution in [0.15, 0.2) is 54.4 Å². The molecule has 116 valence electrons. The fourth-order valence-electron chi connectivity index (χ4n) is 2.24. The molecule has 0 N–H and O–H groups in total. The average Bonchev–Trinajstić information content (AvgIpc) is 3.05. The lowest BCUT2D eigenvalue weighted by Gasteiger charge is -2.20. The van der Waals surface area contributed by atoms with E-state index in [1.165, 1.54) is 4.88 Å². The number of rotatable bonds is 8. The summed E-state index contributed by atoms with van der Waals surface area (Å²) in [6.07, 6.45) is 2.98. The minimum absolute atomic E-state index is 0.149. The van der Waals surface area contributed by atoms with Crippen molar-refractivity contribution in [3.8, 4) is 5.75 Å². The zero-order valence-electron chi connectivity index (χ0n) is 12.8. The van der Waals surface area contributed by atoms with E-state index < -0.39 is 0 Å². The smallest absolute Gasteiger partial charge is 0.223 e. The first-order chi connectivity index (χ1) is 10.7. The Hall–Kier alpha value is -2.07. The minimum Gasteiger partial charge on any atom is -0.497 e. The first-order valence-corrected chi connectivity index (χ1v) is 8.15. The molecular weight excluding hydrogens is 294 g/mol. The van der Waals surface area contributed by atoms with Crippen molar-refractivity contribution in [2.24, 2.45) is 0 Å². The predicted octanol–water partition coefficient (Wildman–Crippen LogP) is 3.90. The summed E-state index contributed by atoms with van der Waals surface area (Å²) in [4.78, 5) is 15.5. The van der Waals surface area contributed by atoms with Gasteiger partial charge in [0.05, 0.1) is 13.7 Å². The van der Waals surface area contributed by atoms with Gasteiger partial charge in [0.25, 0.3) is 0 Å². The number of amides is 1. The molecular formula is C18H21NO2S. The van der Waals surface area contributed by atoms with Crippen LogP contribution in [-0.2, 0) is 17.8 Å². The van der Waals surface area contributed by atoms with E-state index in [4.69, 9.17) is 4.74 Å². The zero-order chi connectivity index (χ0) is 15.8. The second-order valence-electron chi connectivity index (χ2n) is 4.99. The maximum Gasteiger partial charge on any atom is 0.223 e. The molecule has 0 aliphatic heterocycles. The summed E-state index contributed by atoms with van der Waals surface area (Å²) in [5.41, 5.74) is 1.11. The standard InChI is InChI=1S/C18H21NO2S/c1-3-11-19(14-17-8-5-12-22-17)18(20)10-9-15-6-4-7-16(13-15)21-2/h3-8,12-13H,1,9-11,14H2,2H3. The van der Waals surface area contributed by atoms with E-state index >= 15 is 0 Å². The Kier molecular flexibility index (Phi) is 6.22. The molecule has 0 atom stereocenters. The molecule has 0 unspecified atom stereocenters. The van der Waals surface area contributed by atoms with Crippen LogP contribution in [0.1, 0.15) is 16.9 Å². The van der Waals surface area contributed by atoms with Crippen molar-refractivity contribution in [3.63, 3.8) is 0 Å². The van der Waals surface area contributed by atoms with Crippen LogP contribution < -0.4 is 4.74 Å².